The molecule has 8 heteroatoms. The van der Waals surface area contributed by atoms with E-state index in [2.05, 4.69) is 9.97 Å². The summed E-state index contributed by atoms with van der Waals surface area (Å²) < 4.78 is 0. The van der Waals surface area contributed by atoms with Gasteiger partial charge in [-0.05, 0) is 23.4 Å². The number of carbonyl (C=O) groups excluding carboxylic acids is 1. The molecule has 21 heavy (non-hydrogen) atoms. The maximum Gasteiger partial charge on any atom is 0.331 e. The molecule has 3 heterocycles. The highest BCUT2D eigenvalue weighted by Gasteiger charge is 2.37. The van der Waals surface area contributed by atoms with E-state index in [9.17, 15) is 19.5 Å². The molecular formula is C13H11N3O4S. The number of carboxylic acids is 1. The van der Waals surface area contributed by atoms with Crippen LogP contribution in [0.5, 0.6) is 0 Å². The SMILES string of the molecule is O=C(O)C1c2ccsc2CCN1C(=O)c1c[nH]c(=O)cn1. The number of hydrogen-bond donors (Lipinski definition) is 2. The lowest BCUT2D eigenvalue weighted by Crippen LogP contribution is -2.43. The van der Waals surface area contributed by atoms with Gasteiger partial charge in [0.25, 0.3) is 11.5 Å². The van der Waals surface area contributed by atoms with E-state index in [1.807, 2.05) is 5.38 Å². The van der Waals surface area contributed by atoms with E-state index < -0.39 is 23.5 Å². The molecule has 0 radical (unpaired) electrons. The van der Waals surface area contributed by atoms with Crippen molar-refractivity contribution in [1.82, 2.24) is 14.9 Å². The molecule has 1 aliphatic heterocycles. The van der Waals surface area contributed by atoms with E-state index in [1.54, 1.807) is 6.07 Å². The van der Waals surface area contributed by atoms with Crippen LogP contribution in [0.4, 0.5) is 0 Å². The van der Waals surface area contributed by atoms with Gasteiger partial charge in [0, 0.05) is 17.6 Å². The highest BCUT2D eigenvalue weighted by atomic mass is 32.1. The van der Waals surface area contributed by atoms with E-state index in [4.69, 9.17) is 0 Å². The van der Waals surface area contributed by atoms with Crippen LogP contribution in [0, 0.1) is 0 Å². The van der Waals surface area contributed by atoms with Crippen LogP contribution in [0.3, 0.4) is 0 Å². The van der Waals surface area contributed by atoms with Gasteiger partial charge in [-0.15, -0.1) is 11.3 Å². The van der Waals surface area contributed by atoms with Gasteiger partial charge in [-0.2, -0.15) is 0 Å². The van der Waals surface area contributed by atoms with Crippen molar-refractivity contribution in [3.05, 3.63) is 50.3 Å². The first kappa shape index (κ1) is 13.5. The van der Waals surface area contributed by atoms with Crippen LogP contribution in [-0.2, 0) is 11.2 Å². The second kappa shape index (κ2) is 5.13. The van der Waals surface area contributed by atoms with E-state index in [0.29, 0.717) is 18.5 Å². The predicted octanol–water partition coefficient (Wildman–Crippen LogP) is 0.656. The van der Waals surface area contributed by atoms with Crippen molar-refractivity contribution in [2.45, 2.75) is 12.5 Å². The molecule has 1 atom stereocenters. The molecule has 2 N–H and O–H groups in total. The molecule has 2 aromatic rings. The second-order valence-electron chi connectivity index (χ2n) is 4.58. The molecule has 3 rings (SSSR count). The Morgan fingerprint density at radius 2 is 2.29 bits per heavy atom. The molecule has 1 amide bonds. The second-order valence-corrected chi connectivity index (χ2v) is 5.59. The summed E-state index contributed by atoms with van der Waals surface area (Å²) in [5.41, 5.74) is 0.260. The summed E-state index contributed by atoms with van der Waals surface area (Å²) in [6.45, 7) is 0.310. The van der Waals surface area contributed by atoms with Gasteiger partial charge < -0.3 is 15.0 Å². The first-order chi connectivity index (χ1) is 10.1. The molecule has 0 aromatic carbocycles. The summed E-state index contributed by atoms with van der Waals surface area (Å²) in [4.78, 5) is 43.4. The smallest absolute Gasteiger partial charge is 0.331 e. The number of H-pyrrole nitrogens is 1. The van der Waals surface area contributed by atoms with Crippen LogP contribution in [0.25, 0.3) is 0 Å². The molecule has 1 aliphatic rings. The number of nitrogens with zero attached hydrogens (tertiary/aromatic N) is 2. The Bertz CT molecular complexity index is 746. The third-order valence-electron chi connectivity index (χ3n) is 3.35. The molecule has 108 valence electrons. The molecule has 0 bridgehead atoms. The van der Waals surface area contributed by atoms with Crippen LogP contribution >= 0.6 is 11.3 Å². The van der Waals surface area contributed by atoms with Gasteiger partial charge in [0.1, 0.15) is 5.69 Å². The van der Waals surface area contributed by atoms with Crippen LogP contribution in [0.15, 0.2) is 28.6 Å². The van der Waals surface area contributed by atoms with Crippen LogP contribution in [-0.4, -0.2) is 38.4 Å². The molecule has 1 unspecified atom stereocenters. The zero-order valence-corrected chi connectivity index (χ0v) is 11.6. The minimum atomic E-state index is -1.08. The van der Waals surface area contributed by atoms with Gasteiger partial charge >= 0.3 is 5.97 Å². The van der Waals surface area contributed by atoms with Gasteiger partial charge in [-0.3, -0.25) is 9.59 Å². The lowest BCUT2D eigenvalue weighted by molar-refractivity contribution is -0.142. The highest BCUT2D eigenvalue weighted by Crippen LogP contribution is 2.34. The Kier molecular flexibility index (Phi) is 3.30. The number of aliphatic carboxylic acids is 1. The Hall–Kier alpha value is -2.48. The lowest BCUT2D eigenvalue weighted by Gasteiger charge is -2.32. The largest absolute Gasteiger partial charge is 0.479 e. The topological polar surface area (TPSA) is 103 Å². The summed E-state index contributed by atoms with van der Waals surface area (Å²) in [5, 5.41) is 11.3. The molecule has 0 fully saturated rings. The Balaban J connectivity index is 1.98. The van der Waals surface area contributed by atoms with Gasteiger partial charge in [-0.25, -0.2) is 9.78 Å². The zero-order chi connectivity index (χ0) is 15.0. The average Bonchev–Trinajstić information content (AvgIpc) is 2.94. The van der Waals surface area contributed by atoms with Crippen molar-refractivity contribution in [2.75, 3.05) is 6.54 Å². The summed E-state index contributed by atoms with van der Waals surface area (Å²) in [5.74, 6) is -1.58. The van der Waals surface area contributed by atoms with E-state index >= 15 is 0 Å². The van der Waals surface area contributed by atoms with Crippen LogP contribution in [0.1, 0.15) is 27.0 Å². The first-order valence-corrected chi connectivity index (χ1v) is 7.10. The number of fused-ring (bicyclic) bond motifs is 1. The minimum Gasteiger partial charge on any atom is -0.479 e. The van der Waals surface area contributed by atoms with Gasteiger partial charge in [0.05, 0.1) is 6.20 Å². The minimum absolute atomic E-state index is 0.0273. The van der Waals surface area contributed by atoms with Gasteiger partial charge in [0.2, 0.25) is 0 Å². The Labute approximate surface area is 122 Å². The summed E-state index contributed by atoms with van der Waals surface area (Å²) in [6, 6.07) is 0.722. The van der Waals surface area contributed by atoms with Crippen molar-refractivity contribution >= 4 is 23.2 Å². The van der Waals surface area contributed by atoms with E-state index in [0.717, 1.165) is 11.1 Å². The number of hydrogen-bond acceptors (Lipinski definition) is 5. The highest BCUT2D eigenvalue weighted by molar-refractivity contribution is 7.10. The van der Waals surface area contributed by atoms with Crippen LogP contribution in [0.2, 0.25) is 0 Å². The van der Waals surface area contributed by atoms with Gasteiger partial charge in [0.15, 0.2) is 6.04 Å². The third kappa shape index (κ3) is 2.33. The van der Waals surface area contributed by atoms with E-state index in [1.165, 1.54) is 22.4 Å². The van der Waals surface area contributed by atoms with Crippen LogP contribution < -0.4 is 5.56 Å². The summed E-state index contributed by atoms with van der Waals surface area (Å²) in [7, 11) is 0. The van der Waals surface area contributed by atoms with E-state index in [-0.39, 0.29) is 5.69 Å². The number of rotatable bonds is 2. The number of carbonyl (C=O) groups is 2. The molecule has 0 saturated carbocycles. The Morgan fingerprint density at radius 1 is 1.48 bits per heavy atom. The number of amides is 1. The molecule has 0 aliphatic carbocycles. The predicted molar refractivity (Wildman–Crippen MR) is 74.3 cm³/mol. The van der Waals surface area contributed by atoms with Crippen molar-refractivity contribution < 1.29 is 14.7 Å². The van der Waals surface area contributed by atoms with Gasteiger partial charge in [-0.1, -0.05) is 0 Å². The standard InChI is InChI=1S/C13H11N3O4S/c17-10-6-14-8(5-15-10)12(18)16-3-1-9-7(2-4-21-9)11(16)13(19)20/h2,4-6,11H,1,3H2,(H,15,17)(H,19,20). The average molecular weight is 305 g/mol. The zero-order valence-electron chi connectivity index (χ0n) is 10.8. The molecule has 0 spiro atoms. The summed E-state index contributed by atoms with van der Waals surface area (Å²) in [6.07, 6.45) is 2.82. The lowest BCUT2D eigenvalue weighted by atomic mass is 9.99. The van der Waals surface area contributed by atoms with Crippen molar-refractivity contribution in [2.24, 2.45) is 0 Å². The number of aromatic nitrogens is 2. The third-order valence-corrected chi connectivity index (χ3v) is 4.35. The first-order valence-electron chi connectivity index (χ1n) is 6.22. The maximum atomic E-state index is 12.4. The number of thiophene rings is 1. The maximum absolute atomic E-state index is 12.4. The monoisotopic (exact) mass is 305 g/mol. The molecular weight excluding hydrogens is 294 g/mol. The number of nitrogens with one attached hydrogen (secondary N) is 1. The molecule has 7 nitrogen and oxygen atoms in total. The van der Waals surface area contributed by atoms with Crippen molar-refractivity contribution in [3.63, 3.8) is 0 Å². The summed E-state index contributed by atoms with van der Waals surface area (Å²) >= 11 is 1.49. The van der Waals surface area contributed by atoms with Crippen molar-refractivity contribution in [3.8, 4) is 0 Å². The number of aromatic amines is 1. The molecule has 0 saturated heterocycles. The fourth-order valence-electron chi connectivity index (χ4n) is 2.41. The molecule has 2 aromatic heterocycles. The Morgan fingerprint density at radius 3 is 2.95 bits per heavy atom. The normalized spacial score (nSPS) is 17.3. The van der Waals surface area contributed by atoms with Crippen molar-refractivity contribution in [1.29, 1.82) is 0 Å². The quantitative estimate of drug-likeness (QED) is 0.848. The fourth-order valence-corrected chi connectivity index (χ4v) is 3.31. The fraction of sp³-hybridized carbons (Fsp3) is 0.231. The number of carboxylic acid groups (broad SMARTS) is 1.